The quantitative estimate of drug-likeness (QED) is 0.314. The van der Waals surface area contributed by atoms with Crippen LogP contribution in [0.3, 0.4) is 0 Å². The predicted molar refractivity (Wildman–Crippen MR) is 178 cm³/mol. The Bertz CT molecular complexity index is 1660. The van der Waals surface area contributed by atoms with Gasteiger partial charge in [-0.25, -0.2) is 23.8 Å². The maximum Gasteiger partial charge on any atom is 0.247 e. The summed E-state index contributed by atoms with van der Waals surface area (Å²) in [5.74, 6) is -0.194. The maximum absolute atomic E-state index is 14.7. The average molecular weight is 663 g/mol. The van der Waals surface area contributed by atoms with Crippen molar-refractivity contribution in [2.75, 3.05) is 73.6 Å². The van der Waals surface area contributed by atoms with Crippen LogP contribution in [0.5, 0.6) is 5.75 Å². The Kier molecular flexibility index (Phi) is 10.0. The monoisotopic (exact) mass is 662 g/mol. The molecule has 48 heavy (non-hydrogen) atoms. The van der Waals surface area contributed by atoms with Crippen LogP contribution in [0.4, 0.5) is 37.5 Å². The Balaban J connectivity index is 1.20. The van der Waals surface area contributed by atoms with Gasteiger partial charge in [-0.15, -0.1) is 0 Å². The van der Waals surface area contributed by atoms with Crippen LogP contribution in [-0.2, 0) is 14.4 Å². The highest BCUT2D eigenvalue weighted by molar-refractivity contribution is 6.02. The molecule has 3 aliphatic heterocycles. The number of anilines is 5. The van der Waals surface area contributed by atoms with Crippen molar-refractivity contribution in [2.45, 2.75) is 38.3 Å². The fraction of sp³-hybridized carbons (Fsp3) is 0.412. The first-order chi connectivity index (χ1) is 23.2. The van der Waals surface area contributed by atoms with Gasteiger partial charge < -0.3 is 25.2 Å². The van der Waals surface area contributed by atoms with E-state index in [1.54, 1.807) is 26.2 Å². The minimum absolute atomic E-state index is 0.124. The van der Waals surface area contributed by atoms with E-state index < -0.39 is 17.7 Å². The van der Waals surface area contributed by atoms with Crippen LogP contribution >= 0.6 is 0 Å². The Morgan fingerprint density at radius 2 is 1.77 bits per heavy atom. The molecule has 0 bridgehead atoms. The second kappa shape index (κ2) is 14.5. The van der Waals surface area contributed by atoms with Gasteiger partial charge in [0.25, 0.3) is 0 Å². The van der Waals surface area contributed by atoms with Crippen molar-refractivity contribution in [3.05, 3.63) is 72.6 Å². The first-order valence-electron chi connectivity index (χ1n) is 16.1. The van der Waals surface area contributed by atoms with Gasteiger partial charge in [0.05, 0.1) is 36.8 Å². The standard InChI is InChI=1S/C34H40F2N8O4/c1-4-34(46)40-27-18-28(31(47-3)19-30(27)43-10-7-24(8-11-43)42-14-12-41(13-15-42)22(2)45)39-32-20-33(38-21-37-32)44-29(9-16-48-44)25-6-5-23(35)17-26(25)36/h4-6,17-21,24,29H,1,7-16H2,2-3H3,(H,40,46)(H,37,38,39)/t29-/m1/s1. The third-order valence-electron chi connectivity index (χ3n) is 9.21. The summed E-state index contributed by atoms with van der Waals surface area (Å²) >= 11 is 0. The number of nitrogens with zero attached hydrogens (tertiary/aromatic N) is 6. The van der Waals surface area contributed by atoms with Crippen molar-refractivity contribution < 1.29 is 27.9 Å². The molecule has 0 spiro atoms. The van der Waals surface area contributed by atoms with Crippen molar-refractivity contribution in [3.8, 4) is 5.75 Å². The lowest BCUT2D eigenvalue weighted by atomic mass is 10.0. The summed E-state index contributed by atoms with van der Waals surface area (Å²) in [7, 11) is 1.57. The largest absolute Gasteiger partial charge is 0.494 e. The number of piperidine rings is 1. The summed E-state index contributed by atoms with van der Waals surface area (Å²) in [5.41, 5.74) is 2.26. The third kappa shape index (κ3) is 7.19. The summed E-state index contributed by atoms with van der Waals surface area (Å²) in [5, 5.41) is 7.73. The molecule has 12 nitrogen and oxygen atoms in total. The number of halogens is 2. The summed E-state index contributed by atoms with van der Waals surface area (Å²) in [6.07, 6.45) is 4.97. The number of aromatic nitrogens is 2. The highest BCUT2D eigenvalue weighted by Crippen LogP contribution is 2.41. The molecule has 0 aliphatic carbocycles. The zero-order valence-electron chi connectivity index (χ0n) is 27.1. The lowest BCUT2D eigenvalue weighted by molar-refractivity contribution is -0.131. The highest BCUT2D eigenvalue weighted by Gasteiger charge is 2.32. The van der Waals surface area contributed by atoms with E-state index in [0.29, 0.717) is 53.4 Å². The molecule has 3 fully saturated rings. The minimum Gasteiger partial charge on any atom is -0.494 e. The summed E-state index contributed by atoms with van der Waals surface area (Å²) in [4.78, 5) is 45.4. The lowest BCUT2D eigenvalue weighted by Gasteiger charge is -2.43. The number of carbonyl (C=O) groups excluding carboxylic acids is 2. The van der Waals surface area contributed by atoms with Crippen LogP contribution in [0.2, 0.25) is 0 Å². The average Bonchev–Trinajstić information content (AvgIpc) is 3.58. The number of rotatable bonds is 9. The van der Waals surface area contributed by atoms with Crippen LogP contribution < -0.4 is 25.3 Å². The number of hydrogen-bond acceptors (Lipinski definition) is 10. The number of piperazine rings is 1. The number of ether oxygens (including phenoxy) is 1. The molecule has 1 aromatic heterocycles. The van der Waals surface area contributed by atoms with Crippen LogP contribution in [0.15, 0.2) is 55.4 Å². The van der Waals surface area contributed by atoms with Crippen LogP contribution in [0, 0.1) is 11.6 Å². The van der Waals surface area contributed by atoms with E-state index in [1.165, 1.54) is 29.6 Å². The molecule has 3 saturated heterocycles. The smallest absolute Gasteiger partial charge is 0.247 e. The Labute approximate surface area is 278 Å². The molecule has 1 atom stereocenters. The number of nitrogens with one attached hydrogen (secondary N) is 2. The number of amides is 2. The molecule has 14 heteroatoms. The van der Waals surface area contributed by atoms with Crippen molar-refractivity contribution >= 4 is 40.5 Å². The Morgan fingerprint density at radius 3 is 2.46 bits per heavy atom. The van der Waals surface area contributed by atoms with Crippen LogP contribution in [0.1, 0.15) is 37.8 Å². The van der Waals surface area contributed by atoms with E-state index >= 15 is 0 Å². The van der Waals surface area contributed by atoms with Gasteiger partial charge in [0, 0.05) is 82.4 Å². The number of hydroxylamine groups is 1. The molecule has 3 aliphatic rings. The summed E-state index contributed by atoms with van der Waals surface area (Å²) in [6.45, 7) is 10.4. The van der Waals surface area contributed by atoms with Gasteiger partial charge in [0.15, 0.2) is 5.82 Å². The molecule has 3 aromatic rings. The van der Waals surface area contributed by atoms with Crippen LogP contribution in [0.25, 0.3) is 0 Å². The SMILES string of the molecule is C=CC(=O)Nc1cc(Nc2cc(N3OCC[C@@H]3c3ccc(F)cc3F)ncn2)c(OC)cc1N1CCC(N2CCN(C(C)=O)CC2)CC1. The molecule has 4 heterocycles. The molecule has 2 aromatic carbocycles. The van der Waals surface area contributed by atoms with Gasteiger partial charge in [0.2, 0.25) is 11.8 Å². The van der Waals surface area contributed by atoms with Gasteiger partial charge in [-0.1, -0.05) is 12.6 Å². The second-order valence-electron chi connectivity index (χ2n) is 12.0. The number of carbonyl (C=O) groups is 2. The van der Waals surface area contributed by atoms with Crippen molar-refractivity contribution in [1.82, 2.24) is 19.8 Å². The number of hydrogen-bond donors (Lipinski definition) is 2. The lowest BCUT2D eigenvalue weighted by Crippen LogP contribution is -2.54. The van der Waals surface area contributed by atoms with E-state index in [2.05, 4.69) is 37.0 Å². The molecule has 6 rings (SSSR count). The van der Waals surface area contributed by atoms with Crippen molar-refractivity contribution in [1.29, 1.82) is 0 Å². The molecule has 0 radical (unpaired) electrons. The highest BCUT2D eigenvalue weighted by atomic mass is 19.1. The first-order valence-corrected chi connectivity index (χ1v) is 16.1. The fourth-order valence-corrected chi connectivity index (χ4v) is 6.68. The van der Waals surface area contributed by atoms with Crippen LogP contribution in [-0.4, -0.2) is 90.6 Å². The maximum atomic E-state index is 14.7. The molecule has 2 amide bonds. The van der Waals surface area contributed by atoms with E-state index in [0.717, 1.165) is 63.9 Å². The molecule has 0 unspecified atom stereocenters. The van der Waals surface area contributed by atoms with Gasteiger partial charge in [0.1, 0.15) is 29.5 Å². The van der Waals surface area contributed by atoms with Crippen molar-refractivity contribution in [3.63, 3.8) is 0 Å². The topological polar surface area (TPSA) is 115 Å². The Hall–Kier alpha value is -4.82. The summed E-state index contributed by atoms with van der Waals surface area (Å²) in [6, 6.07) is 8.78. The Morgan fingerprint density at radius 1 is 1.00 bits per heavy atom. The van der Waals surface area contributed by atoms with E-state index in [-0.39, 0.29) is 11.8 Å². The van der Waals surface area contributed by atoms with Gasteiger partial charge in [-0.2, -0.15) is 0 Å². The summed E-state index contributed by atoms with van der Waals surface area (Å²) < 4.78 is 34.0. The molecule has 0 saturated carbocycles. The third-order valence-corrected chi connectivity index (χ3v) is 9.21. The number of benzene rings is 2. The van der Waals surface area contributed by atoms with Crippen molar-refractivity contribution in [2.24, 2.45) is 0 Å². The van der Waals surface area contributed by atoms with Gasteiger partial charge in [-0.3, -0.25) is 19.3 Å². The predicted octanol–water partition coefficient (Wildman–Crippen LogP) is 4.65. The second-order valence-corrected chi connectivity index (χ2v) is 12.0. The van der Waals surface area contributed by atoms with Gasteiger partial charge in [-0.05, 0) is 31.1 Å². The first kappa shape index (κ1) is 33.1. The molecular formula is C34H40F2N8O4. The van der Waals surface area contributed by atoms with E-state index in [1.807, 2.05) is 11.0 Å². The van der Waals surface area contributed by atoms with E-state index in [9.17, 15) is 18.4 Å². The molecular weight excluding hydrogens is 622 g/mol. The fourth-order valence-electron chi connectivity index (χ4n) is 6.68. The normalized spacial score (nSPS) is 18.9. The van der Waals surface area contributed by atoms with Gasteiger partial charge >= 0.3 is 0 Å². The molecule has 2 N–H and O–H groups in total. The van der Waals surface area contributed by atoms with E-state index in [4.69, 9.17) is 9.57 Å². The molecule has 254 valence electrons. The zero-order valence-corrected chi connectivity index (χ0v) is 27.1. The number of methoxy groups -OCH3 is 1. The minimum atomic E-state index is -0.654. The zero-order chi connectivity index (χ0) is 33.8.